The monoisotopic (exact) mass is 304 g/mol. The predicted octanol–water partition coefficient (Wildman–Crippen LogP) is 2.18. The minimum Gasteiger partial charge on any atom is -0.396 e. The van der Waals surface area contributed by atoms with Gasteiger partial charge in [0, 0.05) is 18.8 Å². The summed E-state index contributed by atoms with van der Waals surface area (Å²) in [5, 5.41) is 11.3. The number of aryl methyl sites for hydroxylation is 1. The van der Waals surface area contributed by atoms with Crippen molar-refractivity contribution < 1.29 is 23.1 Å². The molecule has 0 aromatic heterocycles. The van der Waals surface area contributed by atoms with Crippen LogP contribution in [0, 0.1) is 6.92 Å². The number of hydrogen-bond donors (Lipinski definition) is 2. The molecule has 7 heteroatoms. The third-order valence-electron chi connectivity index (χ3n) is 2.74. The largest absolute Gasteiger partial charge is 0.401 e. The Morgan fingerprint density at radius 1 is 1.29 bits per heavy atom. The highest BCUT2D eigenvalue weighted by Gasteiger charge is 2.31. The van der Waals surface area contributed by atoms with Crippen LogP contribution in [0.2, 0.25) is 0 Å². The maximum atomic E-state index is 12.4. The van der Waals surface area contributed by atoms with Crippen LogP contribution in [-0.2, 0) is 4.79 Å². The Labute approximate surface area is 121 Å². The lowest BCUT2D eigenvalue weighted by Crippen LogP contribution is -2.40. The second-order valence-electron chi connectivity index (χ2n) is 4.82. The lowest BCUT2D eigenvalue weighted by atomic mass is 10.2. The summed E-state index contributed by atoms with van der Waals surface area (Å²) in [4.78, 5) is 12.7. The van der Waals surface area contributed by atoms with Crippen molar-refractivity contribution in [2.75, 3.05) is 31.6 Å². The number of halogens is 3. The molecular weight excluding hydrogens is 285 g/mol. The summed E-state index contributed by atoms with van der Waals surface area (Å²) in [5.74, 6) is -0.513. The lowest BCUT2D eigenvalue weighted by Gasteiger charge is -2.22. The molecule has 0 spiro atoms. The Balaban J connectivity index is 2.56. The number of anilines is 1. The van der Waals surface area contributed by atoms with Gasteiger partial charge in [-0.25, -0.2) is 0 Å². The number of aliphatic hydroxyl groups excluding tert-OH is 1. The Kier molecular flexibility index (Phi) is 6.64. The molecule has 0 aliphatic rings. The van der Waals surface area contributed by atoms with E-state index in [-0.39, 0.29) is 26.1 Å². The normalized spacial score (nSPS) is 11.7. The van der Waals surface area contributed by atoms with Gasteiger partial charge in [-0.05, 0) is 25.5 Å². The lowest BCUT2D eigenvalue weighted by molar-refractivity contribution is -0.148. The number of hydrogen-bond acceptors (Lipinski definition) is 3. The summed E-state index contributed by atoms with van der Waals surface area (Å²) in [6, 6.07) is 6.98. The molecule has 0 atom stereocenters. The molecule has 0 saturated carbocycles. The molecule has 0 bridgehead atoms. The van der Waals surface area contributed by atoms with E-state index in [1.165, 1.54) is 0 Å². The molecule has 4 nitrogen and oxygen atoms in total. The summed E-state index contributed by atoms with van der Waals surface area (Å²) < 4.78 is 37.3. The molecule has 1 rings (SSSR count). The van der Waals surface area contributed by atoms with Gasteiger partial charge in [0.25, 0.3) is 0 Å². The Bertz CT molecular complexity index is 447. The van der Waals surface area contributed by atoms with Crippen molar-refractivity contribution >= 4 is 11.6 Å². The second kappa shape index (κ2) is 7.99. The SMILES string of the molecule is Cc1ccc(NC(=O)CN(CCCO)CC(F)(F)F)cc1. The van der Waals surface area contributed by atoms with E-state index in [0.29, 0.717) is 5.69 Å². The number of rotatable bonds is 7. The van der Waals surface area contributed by atoms with Crippen molar-refractivity contribution in [3.05, 3.63) is 29.8 Å². The molecule has 0 saturated heterocycles. The number of carbonyl (C=O) groups excluding carboxylic acids is 1. The molecular formula is C14H19F3N2O2. The van der Waals surface area contributed by atoms with E-state index in [9.17, 15) is 18.0 Å². The fourth-order valence-electron chi connectivity index (χ4n) is 1.80. The number of aliphatic hydroxyl groups is 1. The molecule has 0 unspecified atom stereocenters. The summed E-state index contributed by atoms with van der Waals surface area (Å²) >= 11 is 0. The van der Waals surface area contributed by atoms with Gasteiger partial charge >= 0.3 is 6.18 Å². The second-order valence-corrected chi connectivity index (χ2v) is 4.82. The average molecular weight is 304 g/mol. The van der Waals surface area contributed by atoms with Crippen LogP contribution >= 0.6 is 0 Å². The summed E-state index contributed by atoms with van der Waals surface area (Å²) in [5.41, 5.74) is 1.56. The van der Waals surface area contributed by atoms with Crippen LogP contribution in [0.3, 0.4) is 0 Å². The van der Waals surface area contributed by atoms with Gasteiger partial charge in [-0.15, -0.1) is 0 Å². The minimum atomic E-state index is -4.38. The summed E-state index contributed by atoms with van der Waals surface area (Å²) in [7, 11) is 0. The van der Waals surface area contributed by atoms with E-state index in [2.05, 4.69) is 5.32 Å². The van der Waals surface area contributed by atoms with Gasteiger partial charge in [-0.3, -0.25) is 9.69 Å². The quantitative estimate of drug-likeness (QED) is 0.812. The molecule has 21 heavy (non-hydrogen) atoms. The highest BCUT2D eigenvalue weighted by atomic mass is 19.4. The number of alkyl halides is 3. The zero-order chi connectivity index (χ0) is 15.9. The van der Waals surface area contributed by atoms with E-state index >= 15 is 0 Å². The topological polar surface area (TPSA) is 52.6 Å². The van der Waals surface area contributed by atoms with Gasteiger partial charge in [0.15, 0.2) is 0 Å². The van der Waals surface area contributed by atoms with Crippen LogP contribution in [-0.4, -0.2) is 48.3 Å². The van der Waals surface area contributed by atoms with Crippen molar-refractivity contribution in [1.82, 2.24) is 4.90 Å². The minimum absolute atomic E-state index is 0.0112. The molecule has 0 fully saturated rings. The molecule has 0 aliphatic heterocycles. The van der Waals surface area contributed by atoms with Gasteiger partial charge in [-0.1, -0.05) is 17.7 Å². The smallest absolute Gasteiger partial charge is 0.396 e. The number of nitrogens with one attached hydrogen (secondary N) is 1. The summed E-state index contributed by atoms with van der Waals surface area (Å²) in [6.45, 7) is 0.151. The van der Waals surface area contributed by atoms with E-state index in [4.69, 9.17) is 5.11 Å². The van der Waals surface area contributed by atoms with Crippen molar-refractivity contribution in [1.29, 1.82) is 0 Å². The third kappa shape index (κ3) is 7.67. The molecule has 0 radical (unpaired) electrons. The number of carbonyl (C=O) groups is 1. The van der Waals surface area contributed by atoms with Gasteiger partial charge in [-0.2, -0.15) is 13.2 Å². The number of nitrogens with zero attached hydrogens (tertiary/aromatic N) is 1. The standard InChI is InChI=1S/C14H19F3N2O2/c1-11-3-5-12(6-4-11)18-13(21)9-19(7-2-8-20)10-14(15,16)17/h3-6,20H,2,7-10H2,1H3,(H,18,21). The van der Waals surface area contributed by atoms with Crippen LogP contribution in [0.1, 0.15) is 12.0 Å². The summed E-state index contributed by atoms with van der Waals surface area (Å²) in [6.07, 6.45) is -4.19. The molecule has 1 aromatic rings. The van der Waals surface area contributed by atoms with Crippen LogP contribution < -0.4 is 5.32 Å². The van der Waals surface area contributed by atoms with Crippen molar-refractivity contribution in [3.8, 4) is 0 Å². The molecule has 0 aliphatic carbocycles. The first-order chi connectivity index (χ1) is 9.80. The number of benzene rings is 1. The van der Waals surface area contributed by atoms with Crippen LogP contribution in [0.25, 0.3) is 0 Å². The highest BCUT2D eigenvalue weighted by molar-refractivity contribution is 5.92. The Morgan fingerprint density at radius 3 is 2.43 bits per heavy atom. The van der Waals surface area contributed by atoms with Crippen molar-refractivity contribution in [3.63, 3.8) is 0 Å². The Hall–Kier alpha value is -1.60. The molecule has 1 amide bonds. The maximum absolute atomic E-state index is 12.4. The van der Waals surface area contributed by atoms with Gasteiger partial charge in [0.05, 0.1) is 13.1 Å². The van der Waals surface area contributed by atoms with Crippen LogP contribution in [0.15, 0.2) is 24.3 Å². The molecule has 2 N–H and O–H groups in total. The predicted molar refractivity (Wildman–Crippen MR) is 74.0 cm³/mol. The first-order valence-electron chi connectivity index (χ1n) is 6.56. The first kappa shape index (κ1) is 17.5. The zero-order valence-electron chi connectivity index (χ0n) is 11.8. The Morgan fingerprint density at radius 2 is 1.90 bits per heavy atom. The third-order valence-corrected chi connectivity index (χ3v) is 2.74. The molecule has 0 heterocycles. The van der Waals surface area contributed by atoms with Gasteiger partial charge in [0.2, 0.25) is 5.91 Å². The van der Waals surface area contributed by atoms with Gasteiger partial charge in [0.1, 0.15) is 0 Å². The fraction of sp³-hybridized carbons (Fsp3) is 0.500. The maximum Gasteiger partial charge on any atom is 0.401 e. The van der Waals surface area contributed by atoms with Crippen molar-refractivity contribution in [2.45, 2.75) is 19.5 Å². The van der Waals surface area contributed by atoms with E-state index in [0.717, 1.165) is 10.5 Å². The first-order valence-corrected chi connectivity index (χ1v) is 6.56. The van der Waals surface area contributed by atoms with Crippen LogP contribution in [0.5, 0.6) is 0 Å². The van der Waals surface area contributed by atoms with Crippen LogP contribution in [0.4, 0.5) is 18.9 Å². The molecule has 1 aromatic carbocycles. The van der Waals surface area contributed by atoms with E-state index in [1.54, 1.807) is 24.3 Å². The number of amides is 1. The zero-order valence-corrected chi connectivity index (χ0v) is 11.8. The molecule has 118 valence electrons. The van der Waals surface area contributed by atoms with E-state index < -0.39 is 18.6 Å². The fourth-order valence-corrected chi connectivity index (χ4v) is 1.80. The average Bonchev–Trinajstić information content (AvgIpc) is 2.37. The van der Waals surface area contributed by atoms with Crippen molar-refractivity contribution in [2.24, 2.45) is 0 Å². The van der Waals surface area contributed by atoms with E-state index in [1.807, 2.05) is 6.92 Å². The van der Waals surface area contributed by atoms with Gasteiger partial charge < -0.3 is 10.4 Å². The highest BCUT2D eigenvalue weighted by Crippen LogP contribution is 2.16.